The molecule has 1 rings (SSSR count). The topological polar surface area (TPSA) is 40.5 Å². The molecule has 0 aromatic carbocycles. The summed E-state index contributed by atoms with van der Waals surface area (Å²) in [6.07, 6.45) is 12.4. The van der Waals surface area contributed by atoms with Crippen molar-refractivity contribution in [1.29, 1.82) is 0 Å². The summed E-state index contributed by atoms with van der Waals surface area (Å²) in [6.45, 7) is 8.36. The molecule has 1 atom stereocenters. The maximum atomic E-state index is 10.7. The predicted molar refractivity (Wildman–Crippen MR) is 85.8 cm³/mol. The van der Waals surface area contributed by atoms with Gasteiger partial charge in [-0.05, 0) is 36.0 Å². The quantitative estimate of drug-likeness (QED) is 0.622. The van der Waals surface area contributed by atoms with E-state index in [9.17, 15) is 10.2 Å². The molecule has 0 heterocycles. The maximum Gasteiger partial charge on any atom is 0.114 e. The Kier molecular flexibility index (Phi) is 6.32. The minimum Gasteiger partial charge on any atom is -0.508 e. The lowest BCUT2D eigenvalue weighted by molar-refractivity contribution is -0.0164. The van der Waals surface area contributed by atoms with E-state index in [0.717, 1.165) is 18.4 Å². The highest BCUT2D eigenvalue weighted by molar-refractivity contribution is 5.31. The van der Waals surface area contributed by atoms with Crippen molar-refractivity contribution in [1.82, 2.24) is 0 Å². The van der Waals surface area contributed by atoms with Crippen molar-refractivity contribution in [2.24, 2.45) is 5.41 Å². The van der Waals surface area contributed by atoms with Gasteiger partial charge in [0.15, 0.2) is 0 Å². The fourth-order valence-electron chi connectivity index (χ4n) is 2.66. The van der Waals surface area contributed by atoms with Gasteiger partial charge < -0.3 is 10.2 Å². The molecule has 2 N–H and O–H groups in total. The zero-order valence-electron chi connectivity index (χ0n) is 13.7. The molecule has 0 aromatic heterocycles. The summed E-state index contributed by atoms with van der Waals surface area (Å²) in [6, 6.07) is 0. The molecule has 2 heteroatoms. The Morgan fingerprint density at radius 1 is 1.10 bits per heavy atom. The van der Waals surface area contributed by atoms with Crippen LogP contribution >= 0.6 is 0 Å². The molecule has 0 aliphatic heterocycles. The first-order valence-electron chi connectivity index (χ1n) is 8.13. The second-order valence-corrected chi connectivity index (χ2v) is 7.19. The minimum atomic E-state index is -0.837. The first-order valence-corrected chi connectivity index (χ1v) is 8.13. The molecular formula is C18H32O2. The van der Waals surface area contributed by atoms with E-state index in [1.54, 1.807) is 12.2 Å². The molecule has 1 unspecified atom stereocenters. The number of allylic oxidation sites excluding steroid dienone is 1. The minimum absolute atomic E-state index is 0.212. The van der Waals surface area contributed by atoms with Gasteiger partial charge in [0.2, 0.25) is 0 Å². The third-order valence-electron chi connectivity index (χ3n) is 4.49. The summed E-state index contributed by atoms with van der Waals surface area (Å²) < 4.78 is 0. The number of aliphatic hydroxyl groups excluding tert-OH is 1. The zero-order valence-corrected chi connectivity index (χ0v) is 13.7. The summed E-state index contributed by atoms with van der Waals surface area (Å²) >= 11 is 0. The Morgan fingerprint density at radius 3 is 2.30 bits per heavy atom. The molecule has 1 aliphatic carbocycles. The Hall–Kier alpha value is -0.760. The molecule has 2 nitrogen and oxygen atoms in total. The molecule has 0 spiro atoms. The van der Waals surface area contributed by atoms with E-state index in [0.29, 0.717) is 12.2 Å². The van der Waals surface area contributed by atoms with Crippen LogP contribution < -0.4 is 0 Å². The third kappa shape index (κ3) is 4.66. The van der Waals surface area contributed by atoms with Gasteiger partial charge in [0, 0.05) is 6.42 Å². The van der Waals surface area contributed by atoms with Crippen LogP contribution in [0.1, 0.15) is 79.1 Å². The van der Waals surface area contributed by atoms with E-state index in [2.05, 4.69) is 6.92 Å². The molecule has 0 aromatic rings. The van der Waals surface area contributed by atoms with Crippen LogP contribution in [-0.2, 0) is 0 Å². The summed E-state index contributed by atoms with van der Waals surface area (Å²) in [5.74, 6) is 0.368. The zero-order chi connectivity index (χ0) is 15.2. The Balaban J connectivity index is 2.47. The van der Waals surface area contributed by atoms with Crippen LogP contribution in [0.3, 0.4) is 0 Å². The molecule has 0 amide bonds. The van der Waals surface area contributed by atoms with E-state index in [1.807, 2.05) is 20.8 Å². The van der Waals surface area contributed by atoms with Gasteiger partial charge in [-0.25, -0.2) is 0 Å². The highest BCUT2D eigenvalue weighted by atomic mass is 16.3. The van der Waals surface area contributed by atoms with Crippen molar-refractivity contribution in [3.05, 3.63) is 23.5 Å². The fourth-order valence-corrected chi connectivity index (χ4v) is 2.66. The largest absolute Gasteiger partial charge is 0.508 e. The van der Waals surface area contributed by atoms with Crippen LogP contribution in [0.15, 0.2) is 23.5 Å². The lowest BCUT2D eigenvalue weighted by Gasteiger charge is -2.40. The van der Waals surface area contributed by atoms with Crippen LogP contribution in [0.25, 0.3) is 0 Å². The van der Waals surface area contributed by atoms with Gasteiger partial charge in [0.25, 0.3) is 0 Å². The van der Waals surface area contributed by atoms with E-state index in [1.165, 1.54) is 32.1 Å². The second-order valence-electron chi connectivity index (χ2n) is 7.19. The van der Waals surface area contributed by atoms with Gasteiger partial charge in [0.05, 0.1) is 5.60 Å². The average Bonchev–Trinajstić information content (AvgIpc) is 2.36. The number of hydrogen-bond donors (Lipinski definition) is 2. The molecule has 0 radical (unpaired) electrons. The molecule has 0 saturated heterocycles. The monoisotopic (exact) mass is 280 g/mol. The van der Waals surface area contributed by atoms with Crippen LogP contribution in [0.2, 0.25) is 0 Å². The van der Waals surface area contributed by atoms with E-state index < -0.39 is 5.60 Å². The van der Waals surface area contributed by atoms with Crippen molar-refractivity contribution < 1.29 is 10.2 Å². The van der Waals surface area contributed by atoms with Crippen LogP contribution in [-0.4, -0.2) is 15.8 Å². The summed E-state index contributed by atoms with van der Waals surface area (Å²) in [4.78, 5) is 0. The summed E-state index contributed by atoms with van der Waals surface area (Å²) in [5.41, 5.74) is -0.0340. The highest BCUT2D eigenvalue weighted by Crippen LogP contribution is 2.41. The van der Waals surface area contributed by atoms with Gasteiger partial charge in [-0.2, -0.15) is 0 Å². The maximum absolute atomic E-state index is 10.7. The average molecular weight is 280 g/mol. The van der Waals surface area contributed by atoms with Crippen molar-refractivity contribution in [3.8, 4) is 0 Å². The molecule has 116 valence electrons. The van der Waals surface area contributed by atoms with Gasteiger partial charge in [-0.15, -0.1) is 0 Å². The SMILES string of the molecule is CCCCCCCCC1=C(O)C=CC(O)(C(C)(C)C)C1. The van der Waals surface area contributed by atoms with Crippen molar-refractivity contribution in [2.45, 2.75) is 84.7 Å². The smallest absolute Gasteiger partial charge is 0.114 e. The Bertz CT molecular complexity index is 360. The summed E-state index contributed by atoms with van der Waals surface area (Å²) in [7, 11) is 0. The van der Waals surface area contributed by atoms with E-state index >= 15 is 0 Å². The first kappa shape index (κ1) is 17.3. The standard InChI is InChI=1S/C18H32O2/c1-5-6-7-8-9-10-11-15-14-18(20,17(2,3)4)13-12-16(15)19/h12-13,19-20H,5-11,14H2,1-4H3. The first-order chi connectivity index (χ1) is 9.30. The fraction of sp³-hybridized carbons (Fsp3) is 0.778. The second kappa shape index (κ2) is 7.31. The van der Waals surface area contributed by atoms with Crippen LogP contribution in [0, 0.1) is 5.41 Å². The Labute approximate surface area is 124 Å². The Morgan fingerprint density at radius 2 is 1.70 bits per heavy atom. The molecule has 0 fully saturated rings. The normalized spacial score (nSPS) is 23.4. The van der Waals surface area contributed by atoms with Gasteiger partial charge in [-0.3, -0.25) is 0 Å². The van der Waals surface area contributed by atoms with E-state index in [-0.39, 0.29) is 5.41 Å². The molecule has 0 bridgehead atoms. The van der Waals surface area contributed by atoms with Crippen molar-refractivity contribution >= 4 is 0 Å². The third-order valence-corrected chi connectivity index (χ3v) is 4.49. The highest BCUT2D eigenvalue weighted by Gasteiger charge is 2.40. The number of unbranched alkanes of at least 4 members (excludes halogenated alkanes) is 5. The van der Waals surface area contributed by atoms with Crippen molar-refractivity contribution in [2.75, 3.05) is 0 Å². The number of hydrogen-bond acceptors (Lipinski definition) is 2. The van der Waals surface area contributed by atoms with Gasteiger partial charge in [0.1, 0.15) is 5.76 Å². The lowest BCUT2D eigenvalue weighted by atomic mass is 9.70. The van der Waals surface area contributed by atoms with Crippen LogP contribution in [0.5, 0.6) is 0 Å². The predicted octanol–water partition coefficient (Wildman–Crippen LogP) is 5.29. The lowest BCUT2D eigenvalue weighted by Crippen LogP contribution is -2.42. The molecule has 20 heavy (non-hydrogen) atoms. The van der Waals surface area contributed by atoms with Crippen molar-refractivity contribution in [3.63, 3.8) is 0 Å². The number of aliphatic hydroxyl groups is 2. The molecule has 0 saturated carbocycles. The van der Waals surface area contributed by atoms with Gasteiger partial charge >= 0.3 is 0 Å². The number of rotatable bonds is 7. The molecular weight excluding hydrogens is 248 g/mol. The van der Waals surface area contributed by atoms with Crippen LogP contribution in [0.4, 0.5) is 0 Å². The summed E-state index contributed by atoms with van der Waals surface area (Å²) in [5, 5.41) is 20.7. The molecule has 1 aliphatic rings. The van der Waals surface area contributed by atoms with E-state index in [4.69, 9.17) is 0 Å². The van der Waals surface area contributed by atoms with Gasteiger partial charge in [-0.1, -0.05) is 59.8 Å².